The van der Waals surface area contributed by atoms with Crippen molar-refractivity contribution in [3.63, 3.8) is 0 Å². The molecule has 0 fully saturated rings. The van der Waals surface area contributed by atoms with Gasteiger partial charge >= 0.3 is 51.4 Å². The molecule has 60 valence electrons. The van der Waals surface area contributed by atoms with Gasteiger partial charge in [0, 0.05) is 0 Å². The first-order chi connectivity index (χ1) is 3.73. The minimum Gasteiger partial charge on any atom is -1.00 e. The van der Waals surface area contributed by atoms with Crippen molar-refractivity contribution < 1.29 is 57.3 Å². The molecule has 10 heavy (non-hydrogen) atoms. The fourth-order valence-corrected chi connectivity index (χ4v) is 0. The third-order valence-electron chi connectivity index (χ3n) is 0. The van der Waals surface area contributed by atoms with E-state index in [2.05, 4.69) is 28.2 Å². The van der Waals surface area contributed by atoms with Gasteiger partial charge in [0.25, 0.3) is 0 Å². The fraction of sp³-hybridized carbons (Fsp3) is 1.00. The quantitative estimate of drug-likeness (QED) is 0.292. The van der Waals surface area contributed by atoms with Gasteiger partial charge in [-0.15, -0.1) is 0 Å². The monoisotopic (exact) mass is 173 g/mol. The SMILES string of the molecule is CN(C)C.C[N+](C)(C)C.[H-].[K+]. The molecular formula is C7H22KN2+. The van der Waals surface area contributed by atoms with E-state index in [0.29, 0.717) is 0 Å². The van der Waals surface area contributed by atoms with E-state index in [1.54, 1.807) is 0 Å². The third-order valence-corrected chi connectivity index (χ3v) is 0. The van der Waals surface area contributed by atoms with E-state index in [-0.39, 0.29) is 52.8 Å². The summed E-state index contributed by atoms with van der Waals surface area (Å²) in [7, 11) is 14.5. The Hall–Kier alpha value is 1.56. The van der Waals surface area contributed by atoms with Crippen LogP contribution in [0.3, 0.4) is 0 Å². The molecule has 0 heterocycles. The molecule has 0 aliphatic carbocycles. The smallest absolute Gasteiger partial charge is 1.00 e. The number of nitrogens with zero attached hydrogens (tertiary/aromatic N) is 2. The van der Waals surface area contributed by atoms with Crippen molar-refractivity contribution in [1.29, 1.82) is 0 Å². The van der Waals surface area contributed by atoms with Gasteiger partial charge in [-0.25, -0.2) is 0 Å². The van der Waals surface area contributed by atoms with Gasteiger partial charge in [0.1, 0.15) is 0 Å². The second-order valence-electron chi connectivity index (χ2n) is 4.02. The zero-order valence-electron chi connectivity index (χ0n) is 9.89. The first-order valence-electron chi connectivity index (χ1n) is 3.13. The Balaban J connectivity index is -0.0000000383. The van der Waals surface area contributed by atoms with E-state index in [0.717, 1.165) is 4.48 Å². The molecule has 0 aromatic carbocycles. The van der Waals surface area contributed by atoms with E-state index in [9.17, 15) is 0 Å². The number of rotatable bonds is 0. The number of quaternary nitrogens is 1. The zero-order chi connectivity index (χ0) is 8.08. The molecule has 0 spiro atoms. The molecule has 0 bridgehead atoms. The minimum absolute atomic E-state index is 0. The average molecular weight is 173 g/mol. The Morgan fingerprint density at radius 3 is 0.900 bits per heavy atom. The molecule has 2 nitrogen and oxygen atoms in total. The molecule has 0 rings (SSSR count). The van der Waals surface area contributed by atoms with Crippen LogP contribution in [0.1, 0.15) is 1.43 Å². The van der Waals surface area contributed by atoms with Crippen molar-refractivity contribution in [3.8, 4) is 0 Å². The van der Waals surface area contributed by atoms with Crippen molar-refractivity contribution >= 4 is 0 Å². The summed E-state index contributed by atoms with van der Waals surface area (Å²) in [4.78, 5) is 2.00. The largest absolute Gasteiger partial charge is 1.00 e. The second-order valence-corrected chi connectivity index (χ2v) is 4.02. The first-order valence-corrected chi connectivity index (χ1v) is 3.13. The molecule has 0 aliphatic rings. The fourth-order valence-electron chi connectivity index (χ4n) is 0. The van der Waals surface area contributed by atoms with Crippen LogP contribution in [0.5, 0.6) is 0 Å². The van der Waals surface area contributed by atoms with Crippen LogP contribution in [0.25, 0.3) is 0 Å². The van der Waals surface area contributed by atoms with Gasteiger partial charge in [0.2, 0.25) is 0 Å². The van der Waals surface area contributed by atoms with E-state index in [4.69, 9.17) is 0 Å². The van der Waals surface area contributed by atoms with Crippen molar-refractivity contribution in [2.24, 2.45) is 0 Å². The predicted octanol–water partition coefficient (Wildman–Crippen LogP) is -2.38. The topological polar surface area (TPSA) is 3.24 Å². The van der Waals surface area contributed by atoms with Gasteiger partial charge < -0.3 is 10.8 Å². The van der Waals surface area contributed by atoms with Gasteiger partial charge in [-0.3, -0.25) is 0 Å². The van der Waals surface area contributed by atoms with Crippen molar-refractivity contribution in [1.82, 2.24) is 4.90 Å². The Kier molecular flexibility index (Phi) is 15.2. The molecule has 0 atom stereocenters. The van der Waals surface area contributed by atoms with Gasteiger partial charge in [0.05, 0.1) is 28.2 Å². The summed E-state index contributed by atoms with van der Waals surface area (Å²) in [5.74, 6) is 0. The maximum atomic E-state index is 2.12. The molecule has 0 N–H and O–H groups in total. The maximum Gasteiger partial charge on any atom is 1.00 e. The second kappa shape index (κ2) is 8.65. The van der Waals surface area contributed by atoms with E-state index in [1.165, 1.54) is 0 Å². The summed E-state index contributed by atoms with van der Waals surface area (Å²) in [5, 5.41) is 0. The summed E-state index contributed by atoms with van der Waals surface area (Å²) in [6.07, 6.45) is 0. The summed E-state index contributed by atoms with van der Waals surface area (Å²) < 4.78 is 1.00. The van der Waals surface area contributed by atoms with E-state index in [1.807, 2.05) is 26.0 Å². The van der Waals surface area contributed by atoms with Gasteiger partial charge in [0.15, 0.2) is 0 Å². The molecule has 0 radical (unpaired) electrons. The Bertz CT molecular complexity index is 53.2. The number of hydrogen-bond acceptors (Lipinski definition) is 1. The first kappa shape index (κ1) is 17.6. The molecule has 0 aromatic heterocycles. The molecule has 3 heteroatoms. The van der Waals surface area contributed by atoms with Crippen LogP contribution >= 0.6 is 0 Å². The van der Waals surface area contributed by atoms with Crippen LogP contribution in [0.2, 0.25) is 0 Å². The molecular weight excluding hydrogens is 151 g/mol. The zero-order valence-corrected chi connectivity index (χ0v) is 12.0. The predicted molar refractivity (Wildman–Crippen MR) is 44.7 cm³/mol. The summed E-state index contributed by atoms with van der Waals surface area (Å²) in [6, 6.07) is 0. The summed E-state index contributed by atoms with van der Waals surface area (Å²) >= 11 is 0. The van der Waals surface area contributed by atoms with Gasteiger partial charge in [-0.1, -0.05) is 0 Å². The van der Waals surface area contributed by atoms with Crippen LogP contribution in [-0.2, 0) is 0 Å². The van der Waals surface area contributed by atoms with E-state index < -0.39 is 0 Å². The molecule has 0 saturated carbocycles. The van der Waals surface area contributed by atoms with E-state index >= 15 is 0 Å². The van der Waals surface area contributed by atoms with Gasteiger partial charge in [-0.2, -0.15) is 0 Å². The Morgan fingerprint density at radius 1 is 0.900 bits per heavy atom. The van der Waals surface area contributed by atoms with Crippen LogP contribution in [0.4, 0.5) is 0 Å². The minimum atomic E-state index is 0. The normalized spacial score (nSPS) is 9.60. The molecule has 0 aliphatic heterocycles. The number of hydrogen-bond donors (Lipinski definition) is 0. The summed E-state index contributed by atoms with van der Waals surface area (Å²) in [6.45, 7) is 0. The van der Waals surface area contributed by atoms with Gasteiger partial charge in [-0.05, 0) is 21.1 Å². The van der Waals surface area contributed by atoms with Crippen LogP contribution in [0.15, 0.2) is 0 Å². The molecule has 0 aromatic rings. The maximum absolute atomic E-state index is 2.12. The third kappa shape index (κ3) is 289. The molecule has 0 amide bonds. The Labute approximate surface area is 110 Å². The van der Waals surface area contributed by atoms with Crippen molar-refractivity contribution in [3.05, 3.63) is 0 Å². The van der Waals surface area contributed by atoms with Crippen LogP contribution in [-0.4, -0.2) is 58.7 Å². The van der Waals surface area contributed by atoms with Crippen LogP contribution in [0, 0.1) is 0 Å². The molecule has 0 saturated heterocycles. The average Bonchev–Trinajstić information content (AvgIpc) is 1.19. The summed E-state index contributed by atoms with van der Waals surface area (Å²) in [5.41, 5.74) is 0. The van der Waals surface area contributed by atoms with Crippen LogP contribution < -0.4 is 51.4 Å². The Morgan fingerprint density at radius 2 is 0.900 bits per heavy atom. The standard InChI is InChI=1S/C4H12N.C3H9N.K.H/c1-5(2,3)4;1-4(2)3;;/h1-4H3;1-3H3;;/q+1;;+1;-1. The van der Waals surface area contributed by atoms with Crippen molar-refractivity contribution in [2.45, 2.75) is 0 Å². The van der Waals surface area contributed by atoms with Crippen molar-refractivity contribution in [2.75, 3.05) is 49.3 Å². The molecule has 0 unspecified atom stereocenters.